The van der Waals surface area contributed by atoms with Crippen LogP contribution < -0.4 is 4.90 Å². The number of anilines is 1. The molecule has 1 N–H and O–H groups in total. The molecule has 0 spiro atoms. The van der Waals surface area contributed by atoms with Gasteiger partial charge in [0.15, 0.2) is 0 Å². The third-order valence-electron chi connectivity index (χ3n) is 3.06. The molecular formula is C12H15ClN2O2. The van der Waals surface area contributed by atoms with Crippen LogP contribution in [-0.2, 0) is 0 Å². The molecule has 1 aliphatic rings. The first-order valence-corrected chi connectivity index (χ1v) is 5.96. The van der Waals surface area contributed by atoms with Crippen molar-refractivity contribution < 1.29 is 9.90 Å². The molecule has 0 aromatic heterocycles. The number of amides is 1. The van der Waals surface area contributed by atoms with Gasteiger partial charge in [0.1, 0.15) is 0 Å². The first kappa shape index (κ1) is 12.0. The second-order valence-electron chi connectivity index (χ2n) is 4.25. The van der Waals surface area contributed by atoms with Crippen LogP contribution in [0.25, 0.3) is 0 Å². The maximum Gasteiger partial charge on any atom is 0.407 e. The fourth-order valence-corrected chi connectivity index (χ4v) is 2.27. The minimum absolute atomic E-state index is 0.182. The Kier molecular flexibility index (Phi) is 3.43. The van der Waals surface area contributed by atoms with E-state index in [1.54, 1.807) is 0 Å². The third kappa shape index (κ3) is 2.64. The molecule has 2 rings (SSSR count). The number of halogens is 1. The van der Waals surface area contributed by atoms with Crippen molar-refractivity contribution in [3.8, 4) is 0 Å². The fraction of sp³-hybridized carbons (Fsp3) is 0.417. The van der Waals surface area contributed by atoms with E-state index in [1.165, 1.54) is 4.90 Å². The maximum atomic E-state index is 10.9. The quantitative estimate of drug-likeness (QED) is 0.838. The maximum absolute atomic E-state index is 10.9. The predicted molar refractivity (Wildman–Crippen MR) is 67.9 cm³/mol. The fourth-order valence-electron chi connectivity index (χ4n) is 2.15. The minimum Gasteiger partial charge on any atom is -0.465 e. The van der Waals surface area contributed by atoms with Gasteiger partial charge in [-0.05, 0) is 31.2 Å². The Morgan fingerprint density at radius 1 is 1.35 bits per heavy atom. The van der Waals surface area contributed by atoms with Crippen molar-refractivity contribution in [2.45, 2.75) is 13.0 Å². The van der Waals surface area contributed by atoms with Crippen molar-refractivity contribution in [2.24, 2.45) is 0 Å². The lowest BCUT2D eigenvalue weighted by molar-refractivity contribution is 0.136. The average Bonchev–Trinajstić information content (AvgIpc) is 2.30. The third-order valence-corrected chi connectivity index (χ3v) is 3.31. The number of rotatable bonds is 1. The summed E-state index contributed by atoms with van der Waals surface area (Å²) in [6, 6.07) is 7.83. The topological polar surface area (TPSA) is 43.8 Å². The van der Waals surface area contributed by atoms with Crippen LogP contribution in [0.4, 0.5) is 10.5 Å². The molecule has 4 nitrogen and oxygen atoms in total. The highest BCUT2D eigenvalue weighted by Gasteiger charge is 2.26. The van der Waals surface area contributed by atoms with E-state index in [9.17, 15) is 4.79 Å². The van der Waals surface area contributed by atoms with Crippen LogP contribution in [0.2, 0.25) is 5.02 Å². The number of hydrogen-bond donors (Lipinski definition) is 1. The molecule has 1 heterocycles. The van der Waals surface area contributed by atoms with E-state index in [-0.39, 0.29) is 6.04 Å². The van der Waals surface area contributed by atoms with Crippen LogP contribution in [0.5, 0.6) is 0 Å². The molecule has 1 aliphatic heterocycles. The van der Waals surface area contributed by atoms with Crippen molar-refractivity contribution in [1.82, 2.24) is 4.90 Å². The van der Waals surface area contributed by atoms with Crippen LogP contribution in [0.1, 0.15) is 6.92 Å². The van der Waals surface area contributed by atoms with E-state index in [4.69, 9.17) is 16.7 Å². The van der Waals surface area contributed by atoms with Crippen molar-refractivity contribution >= 4 is 23.4 Å². The molecule has 17 heavy (non-hydrogen) atoms. The Morgan fingerprint density at radius 3 is 2.53 bits per heavy atom. The van der Waals surface area contributed by atoms with Crippen molar-refractivity contribution in [2.75, 3.05) is 24.5 Å². The summed E-state index contributed by atoms with van der Waals surface area (Å²) in [6.45, 7) is 3.83. The lowest BCUT2D eigenvalue weighted by Gasteiger charge is -2.40. The monoisotopic (exact) mass is 254 g/mol. The number of carbonyl (C=O) groups is 1. The summed E-state index contributed by atoms with van der Waals surface area (Å²) in [5.74, 6) is 0. The lowest BCUT2D eigenvalue weighted by Crippen LogP contribution is -2.53. The van der Waals surface area contributed by atoms with E-state index in [0.717, 1.165) is 12.2 Å². The van der Waals surface area contributed by atoms with E-state index in [1.807, 2.05) is 31.2 Å². The Labute approximate surface area is 105 Å². The molecule has 0 radical (unpaired) electrons. The molecule has 1 fully saturated rings. The molecule has 92 valence electrons. The van der Waals surface area contributed by atoms with Crippen molar-refractivity contribution in [3.05, 3.63) is 29.3 Å². The highest BCUT2D eigenvalue weighted by atomic mass is 35.5. The molecule has 1 aromatic carbocycles. The van der Waals surface area contributed by atoms with Crippen LogP contribution in [0.15, 0.2) is 24.3 Å². The molecule has 5 heteroatoms. The van der Waals surface area contributed by atoms with E-state index >= 15 is 0 Å². The molecule has 1 aromatic rings. The zero-order chi connectivity index (χ0) is 12.4. The average molecular weight is 255 g/mol. The smallest absolute Gasteiger partial charge is 0.407 e. The van der Waals surface area contributed by atoms with Crippen LogP contribution >= 0.6 is 11.6 Å². The van der Waals surface area contributed by atoms with Gasteiger partial charge in [-0.2, -0.15) is 0 Å². The molecule has 1 saturated heterocycles. The van der Waals surface area contributed by atoms with Gasteiger partial charge in [-0.1, -0.05) is 11.6 Å². The second-order valence-corrected chi connectivity index (χ2v) is 4.68. The Bertz CT molecular complexity index is 407. The first-order valence-electron chi connectivity index (χ1n) is 5.58. The Hall–Kier alpha value is -1.42. The van der Waals surface area contributed by atoms with Gasteiger partial charge in [0.25, 0.3) is 0 Å². The number of carboxylic acid groups (broad SMARTS) is 1. The summed E-state index contributed by atoms with van der Waals surface area (Å²) in [5, 5.41) is 9.65. The second kappa shape index (κ2) is 4.84. The van der Waals surface area contributed by atoms with Gasteiger partial charge in [0, 0.05) is 36.4 Å². The van der Waals surface area contributed by atoms with Gasteiger partial charge < -0.3 is 14.9 Å². The predicted octanol–water partition coefficient (Wildman–Crippen LogP) is 2.53. The summed E-state index contributed by atoms with van der Waals surface area (Å²) in [7, 11) is 0. The first-order chi connectivity index (χ1) is 8.08. The van der Waals surface area contributed by atoms with E-state index in [0.29, 0.717) is 18.1 Å². The number of nitrogens with zero attached hydrogens (tertiary/aromatic N) is 2. The number of hydrogen-bond acceptors (Lipinski definition) is 2. The molecule has 1 amide bonds. The Morgan fingerprint density at radius 2 is 2.00 bits per heavy atom. The number of piperazine rings is 1. The molecule has 0 bridgehead atoms. The van der Waals surface area contributed by atoms with E-state index in [2.05, 4.69) is 4.90 Å². The summed E-state index contributed by atoms with van der Waals surface area (Å²) in [6.07, 6.45) is -0.840. The SMILES string of the molecule is CC1CN(C(=O)O)CCN1c1ccc(Cl)cc1. The van der Waals surface area contributed by atoms with Crippen molar-refractivity contribution in [1.29, 1.82) is 0 Å². The molecule has 1 unspecified atom stereocenters. The zero-order valence-corrected chi connectivity index (χ0v) is 10.4. The van der Waals surface area contributed by atoms with Gasteiger partial charge in [-0.3, -0.25) is 0 Å². The summed E-state index contributed by atoms with van der Waals surface area (Å²) >= 11 is 5.85. The van der Waals surface area contributed by atoms with Crippen molar-refractivity contribution in [3.63, 3.8) is 0 Å². The normalized spacial score (nSPS) is 20.5. The van der Waals surface area contributed by atoms with Crippen LogP contribution in [-0.4, -0.2) is 41.8 Å². The number of benzene rings is 1. The summed E-state index contributed by atoms with van der Waals surface area (Å²) in [5.41, 5.74) is 1.09. The van der Waals surface area contributed by atoms with Gasteiger partial charge in [0.05, 0.1) is 0 Å². The zero-order valence-electron chi connectivity index (χ0n) is 9.64. The van der Waals surface area contributed by atoms with Gasteiger partial charge in [0.2, 0.25) is 0 Å². The molecule has 0 saturated carbocycles. The minimum atomic E-state index is -0.840. The van der Waals surface area contributed by atoms with Gasteiger partial charge in [-0.25, -0.2) is 4.79 Å². The Balaban J connectivity index is 2.09. The summed E-state index contributed by atoms with van der Waals surface area (Å²) < 4.78 is 0. The molecular weight excluding hydrogens is 240 g/mol. The molecule has 0 aliphatic carbocycles. The lowest BCUT2D eigenvalue weighted by atomic mass is 10.1. The summed E-state index contributed by atoms with van der Waals surface area (Å²) in [4.78, 5) is 14.5. The van der Waals surface area contributed by atoms with E-state index < -0.39 is 6.09 Å². The van der Waals surface area contributed by atoms with Crippen LogP contribution in [0, 0.1) is 0 Å². The van der Waals surface area contributed by atoms with Gasteiger partial charge in [-0.15, -0.1) is 0 Å². The molecule has 1 atom stereocenters. The standard InChI is InChI=1S/C12H15ClN2O2/c1-9-8-14(12(16)17)6-7-15(9)11-4-2-10(13)3-5-11/h2-5,9H,6-8H2,1H3,(H,16,17). The van der Waals surface area contributed by atoms with Crippen LogP contribution in [0.3, 0.4) is 0 Å². The van der Waals surface area contributed by atoms with Gasteiger partial charge >= 0.3 is 6.09 Å². The highest BCUT2D eigenvalue weighted by Crippen LogP contribution is 2.22. The largest absolute Gasteiger partial charge is 0.465 e. The highest BCUT2D eigenvalue weighted by molar-refractivity contribution is 6.30.